The number of carbonyl (C=O) groups excluding carboxylic acids is 2. The summed E-state index contributed by atoms with van der Waals surface area (Å²) in [6.45, 7) is 8.39. The average Bonchev–Trinajstić information content (AvgIpc) is 2.94. The van der Waals surface area contributed by atoms with E-state index in [1.54, 1.807) is 0 Å². The number of rotatable bonds is 7. The lowest BCUT2D eigenvalue weighted by atomic mass is 10.1. The molecule has 20 heavy (non-hydrogen) atoms. The van der Waals surface area contributed by atoms with E-state index >= 15 is 0 Å². The molecule has 0 aliphatic carbocycles. The summed E-state index contributed by atoms with van der Waals surface area (Å²) in [4.78, 5) is 25.9. The zero-order valence-corrected chi connectivity index (χ0v) is 12.8. The van der Waals surface area contributed by atoms with Crippen LogP contribution >= 0.6 is 0 Å². The largest absolute Gasteiger partial charge is 0.346 e. The van der Waals surface area contributed by atoms with Crippen molar-refractivity contribution < 1.29 is 9.59 Å². The van der Waals surface area contributed by atoms with Gasteiger partial charge >= 0.3 is 0 Å². The van der Waals surface area contributed by atoms with E-state index in [-0.39, 0.29) is 30.3 Å². The van der Waals surface area contributed by atoms with Crippen LogP contribution in [-0.4, -0.2) is 55.0 Å². The van der Waals surface area contributed by atoms with Crippen LogP contribution in [0.1, 0.15) is 33.6 Å². The fraction of sp³-hybridized carbons (Fsp3) is 0.857. The standard InChI is InChI=1S/C14H28N4O2/c1-4-7-18(11-5-6-16-8-11)12(19)9-17-14(20)13(15)10(2)3/h10-11,13,16H,4-9,15H2,1-3H3,(H,17,20)/t11?,13-/m0/s1. The van der Waals surface area contributed by atoms with Crippen molar-refractivity contribution in [1.29, 1.82) is 0 Å². The van der Waals surface area contributed by atoms with Crippen LogP contribution in [0.5, 0.6) is 0 Å². The Hall–Kier alpha value is -1.14. The number of hydrogen-bond donors (Lipinski definition) is 3. The molecule has 0 aromatic rings. The van der Waals surface area contributed by atoms with E-state index in [0.29, 0.717) is 0 Å². The van der Waals surface area contributed by atoms with Gasteiger partial charge in [-0.2, -0.15) is 0 Å². The van der Waals surface area contributed by atoms with Gasteiger partial charge in [-0.1, -0.05) is 20.8 Å². The van der Waals surface area contributed by atoms with Gasteiger partial charge in [-0.15, -0.1) is 0 Å². The molecule has 1 saturated heterocycles. The number of hydrogen-bond acceptors (Lipinski definition) is 4. The highest BCUT2D eigenvalue weighted by molar-refractivity contribution is 5.87. The van der Waals surface area contributed by atoms with E-state index in [2.05, 4.69) is 17.6 Å². The van der Waals surface area contributed by atoms with Crippen molar-refractivity contribution in [2.24, 2.45) is 11.7 Å². The van der Waals surface area contributed by atoms with E-state index in [1.807, 2.05) is 18.7 Å². The van der Waals surface area contributed by atoms with Gasteiger partial charge in [0.05, 0.1) is 12.6 Å². The summed E-state index contributed by atoms with van der Waals surface area (Å²) < 4.78 is 0. The molecule has 1 unspecified atom stereocenters. The SMILES string of the molecule is CCCN(C(=O)CNC(=O)[C@@H](N)C(C)C)C1CCNC1. The molecule has 1 aliphatic heterocycles. The maximum absolute atomic E-state index is 12.3. The predicted octanol–water partition coefficient (Wildman–Crippen LogP) is -0.314. The van der Waals surface area contributed by atoms with Gasteiger partial charge in [-0.3, -0.25) is 9.59 Å². The van der Waals surface area contributed by atoms with Crippen LogP contribution in [0.2, 0.25) is 0 Å². The first-order chi connectivity index (χ1) is 9.47. The van der Waals surface area contributed by atoms with Crippen LogP contribution in [0.3, 0.4) is 0 Å². The minimum atomic E-state index is -0.560. The van der Waals surface area contributed by atoms with Gasteiger partial charge in [0.1, 0.15) is 0 Å². The Morgan fingerprint density at radius 3 is 2.65 bits per heavy atom. The first-order valence-corrected chi connectivity index (χ1v) is 7.50. The Bertz CT molecular complexity index is 327. The summed E-state index contributed by atoms with van der Waals surface area (Å²) in [6, 6.07) is -0.311. The van der Waals surface area contributed by atoms with Gasteiger partial charge in [0.15, 0.2) is 0 Å². The summed E-state index contributed by atoms with van der Waals surface area (Å²) in [7, 11) is 0. The van der Waals surface area contributed by atoms with Crippen LogP contribution in [0.4, 0.5) is 0 Å². The summed E-state index contributed by atoms with van der Waals surface area (Å²) in [5.41, 5.74) is 5.76. The number of nitrogens with zero attached hydrogens (tertiary/aromatic N) is 1. The van der Waals surface area contributed by atoms with E-state index < -0.39 is 6.04 Å². The molecule has 4 N–H and O–H groups in total. The van der Waals surface area contributed by atoms with Gasteiger partial charge < -0.3 is 21.3 Å². The van der Waals surface area contributed by atoms with E-state index in [9.17, 15) is 9.59 Å². The Morgan fingerprint density at radius 2 is 2.15 bits per heavy atom. The van der Waals surface area contributed by atoms with Crippen molar-refractivity contribution in [3.8, 4) is 0 Å². The lowest BCUT2D eigenvalue weighted by Gasteiger charge is -2.28. The van der Waals surface area contributed by atoms with Gasteiger partial charge in [-0.05, 0) is 25.3 Å². The van der Waals surface area contributed by atoms with E-state index in [1.165, 1.54) is 0 Å². The van der Waals surface area contributed by atoms with Gasteiger partial charge in [0.2, 0.25) is 11.8 Å². The first-order valence-electron chi connectivity index (χ1n) is 7.50. The molecular weight excluding hydrogens is 256 g/mol. The smallest absolute Gasteiger partial charge is 0.242 e. The van der Waals surface area contributed by atoms with Crippen LogP contribution in [0, 0.1) is 5.92 Å². The maximum Gasteiger partial charge on any atom is 0.242 e. The molecule has 0 radical (unpaired) electrons. The van der Waals surface area contributed by atoms with E-state index in [0.717, 1.165) is 32.5 Å². The molecule has 0 spiro atoms. The van der Waals surface area contributed by atoms with Crippen molar-refractivity contribution in [2.75, 3.05) is 26.2 Å². The van der Waals surface area contributed by atoms with Crippen LogP contribution in [-0.2, 0) is 9.59 Å². The zero-order valence-electron chi connectivity index (χ0n) is 12.8. The molecule has 1 heterocycles. The monoisotopic (exact) mass is 284 g/mol. The highest BCUT2D eigenvalue weighted by atomic mass is 16.2. The molecular formula is C14H28N4O2. The topological polar surface area (TPSA) is 87.5 Å². The summed E-state index contributed by atoms with van der Waals surface area (Å²) in [5.74, 6) is -0.213. The van der Waals surface area contributed by atoms with Gasteiger partial charge in [-0.25, -0.2) is 0 Å². The van der Waals surface area contributed by atoms with E-state index in [4.69, 9.17) is 5.73 Å². The quantitative estimate of drug-likeness (QED) is 0.598. The summed E-state index contributed by atoms with van der Waals surface area (Å²) in [5, 5.41) is 5.91. The van der Waals surface area contributed by atoms with Crippen molar-refractivity contribution >= 4 is 11.8 Å². The van der Waals surface area contributed by atoms with Crippen LogP contribution < -0.4 is 16.4 Å². The Labute approximate surface area is 121 Å². The summed E-state index contributed by atoms with van der Waals surface area (Å²) in [6.07, 6.45) is 1.90. The highest BCUT2D eigenvalue weighted by Crippen LogP contribution is 2.09. The fourth-order valence-corrected chi connectivity index (χ4v) is 2.34. The molecule has 0 saturated carbocycles. The molecule has 2 atom stereocenters. The molecule has 6 heteroatoms. The third-order valence-electron chi connectivity index (χ3n) is 3.69. The Morgan fingerprint density at radius 1 is 1.45 bits per heavy atom. The zero-order chi connectivity index (χ0) is 15.1. The molecule has 1 aliphatic rings. The molecule has 0 aromatic heterocycles. The predicted molar refractivity (Wildman–Crippen MR) is 79.1 cm³/mol. The number of nitrogens with two attached hydrogens (primary N) is 1. The maximum atomic E-state index is 12.3. The van der Waals surface area contributed by atoms with Crippen LogP contribution in [0.15, 0.2) is 0 Å². The molecule has 1 fully saturated rings. The second-order valence-corrected chi connectivity index (χ2v) is 5.72. The number of carbonyl (C=O) groups is 2. The minimum Gasteiger partial charge on any atom is -0.346 e. The van der Waals surface area contributed by atoms with Crippen molar-refractivity contribution in [3.63, 3.8) is 0 Å². The van der Waals surface area contributed by atoms with Crippen LogP contribution in [0.25, 0.3) is 0 Å². The molecule has 0 aromatic carbocycles. The van der Waals surface area contributed by atoms with Crippen molar-refractivity contribution in [2.45, 2.75) is 45.7 Å². The number of nitrogens with one attached hydrogen (secondary N) is 2. The van der Waals surface area contributed by atoms with Gasteiger partial charge in [0.25, 0.3) is 0 Å². The lowest BCUT2D eigenvalue weighted by molar-refractivity contribution is -0.135. The average molecular weight is 284 g/mol. The third-order valence-corrected chi connectivity index (χ3v) is 3.69. The highest BCUT2D eigenvalue weighted by Gasteiger charge is 2.26. The lowest BCUT2D eigenvalue weighted by Crippen LogP contribution is -2.50. The minimum absolute atomic E-state index is 0.0233. The van der Waals surface area contributed by atoms with Gasteiger partial charge in [0, 0.05) is 19.1 Å². The molecule has 116 valence electrons. The Kier molecular flexibility index (Phi) is 6.95. The first kappa shape index (κ1) is 16.9. The second-order valence-electron chi connectivity index (χ2n) is 5.72. The Balaban J connectivity index is 2.47. The molecule has 0 bridgehead atoms. The fourth-order valence-electron chi connectivity index (χ4n) is 2.34. The molecule has 2 amide bonds. The molecule has 1 rings (SSSR count). The van der Waals surface area contributed by atoms with Crippen molar-refractivity contribution in [3.05, 3.63) is 0 Å². The third kappa shape index (κ3) is 4.76. The number of amides is 2. The van der Waals surface area contributed by atoms with Crippen molar-refractivity contribution in [1.82, 2.24) is 15.5 Å². The summed E-state index contributed by atoms with van der Waals surface area (Å²) >= 11 is 0. The second kappa shape index (κ2) is 8.21. The normalized spacial score (nSPS) is 19.9. The molecule has 6 nitrogen and oxygen atoms in total.